The van der Waals surface area contributed by atoms with E-state index in [1.165, 1.54) is 0 Å². The van der Waals surface area contributed by atoms with E-state index in [0.717, 1.165) is 42.6 Å². The molecular formula is C21H22N4O2. The second kappa shape index (κ2) is 6.95. The van der Waals surface area contributed by atoms with Gasteiger partial charge in [-0.1, -0.05) is 12.8 Å². The Balaban J connectivity index is 1.69. The lowest BCUT2D eigenvalue weighted by molar-refractivity contribution is -0.119. The Morgan fingerprint density at radius 2 is 1.96 bits per heavy atom. The van der Waals surface area contributed by atoms with Gasteiger partial charge in [-0.2, -0.15) is 0 Å². The largest absolute Gasteiger partial charge is 0.326 e. The molecule has 1 fully saturated rings. The van der Waals surface area contributed by atoms with E-state index in [-0.39, 0.29) is 17.4 Å². The first kappa shape index (κ1) is 17.4. The summed E-state index contributed by atoms with van der Waals surface area (Å²) in [6, 6.07) is 9.07. The first-order valence-corrected chi connectivity index (χ1v) is 9.31. The summed E-state index contributed by atoms with van der Waals surface area (Å²) in [5.41, 5.74) is 2.74. The Kier molecular flexibility index (Phi) is 4.48. The number of carbonyl (C=O) groups is 1. The zero-order chi connectivity index (χ0) is 19.0. The molecule has 1 N–H and O–H groups in total. The molecule has 138 valence electrons. The Labute approximate surface area is 157 Å². The van der Waals surface area contributed by atoms with Crippen LogP contribution in [0.5, 0.6) is 0 Å². The fourth-order valence-corrected chi connectivity index (χ4v) is 3.78. The number of hydrogen-bond donors (Lipinski definition) is 1. The van der Waals surface area contributed by atoms with Crippen LogP contribution in [0.2, 0.25) is 0 Å². The van der Waals surface area contributed by atoms with Crippen LogP contribution in [-0.4, -0.2) is 20.4 Å². The molecule has 0 radical (unpaired) electrons. The summed E-state index contributed by atoms with van der Waals surface area (Å²) >= 11 is 0. The van der Waals surface area contributed by atoms with E-state index < -0.39 is 0 Å². The molecule has 3 aromatic rings. The van der Waals surface area contributed by atoms with E-state index in [9.17, 15) is 9.59 Å². The number of anilines is 1. The van der Waals surface area contributed by atoms with Gasteiger partial charge in [-0.15, -0.1) is 0 Å². The highest BCUT2D eigenvalue weighted by atomic mass is 16.2. The van der Waals surface area contributed by atoms with Gasteiger partial charge >= 0.3 is 0 Å². The van der Waals surface area contributed by atoms with Crippen molar-refractivity contribution in [2.45, 2.75) is 39.5 Å². The number of rotatable bonds is 3. The number of amides is 1. The molecule has 0 unspecified atom stereocenters. The number of pyridine rings is 1. The van der Waals surface area contributed by atoms with Crippen molar-refractivity contribution in [3.63, 3.8) is 0 Å². The molecule has 1 aliphatic rings. The second-order valence-electron chi connectivity index (χ2n) is 7.14. The Morgan fingerprint density at radius 1 is 1.19 bits per heavy atom. The van der Waals surface area contributed by atoms with Gasteiger partial charge in [-0.05, 0) is 62.6 Å². The summed E-state index contributed by atoms with van der Waals surface area (Å²) in [4.78, 5) is 33.9. The number of nitrogens with zero attached hydrogens (tertiary/aromatic N) is 3. The molecule has 1 aliphatic carbocycles. The topological polar surface area (TPSA) is 76.9 Å². The minimum absolute atomic E-state index is 0.0927. The number of fused-ring (bicyclic) bond motifs is 1. The van der Waals surface area contributed by atoms with Gasteiger partial charge in [0.15, 0.2) is 5.65 Å². The highest BCUT2D eigenvalue weighted by molar-refractivity contribution is 5.93. The van der Waals surface area contributed by atoms with E-state index in [1.807, 2.05) is 25.1 Å². The predicted molar refractivity (Wildman–Crippen MR) is 105 cm³/mol. The lowest BCUT2D eigenvalue weighted by Crippen LogP contribution is -2.23. The first-order valence-electron chi connectivity index (χ1n) is 9.31. The molecule has 27 heavy (non-hydrogen) atoms. The van der Waals surface area contributed by atoms with Crippen molar-refractivity contribution in [1.29, 1.82) is 0 Å². The number of hydrogen-bond acceptors (Lipinski definition) is 4. The highest BCUT2D eigenvalue weighted by Crippen LogP contribution is 2.27. The highest BCUT2D eigenvalue weighted by Gasteiger charge is 2.23. The van der Waals surface area contributed by atoms with Gasteiger partial charge in [0, 0.05) is 17.8 Å². The van der Waals surface area contributed by atoms with Crippen molar-refractivity contribution >= 4 is 22.6 Å². The van der Waals surface area contributed by atoms with Gasteiger partial charge in [0.25, 0.3) is 5.56 Å². The lowest BCUT2D eigenvalue weighted by Gasteiger charge is -2.15. The lowest BCUT2D eigenvalue weighted by atomic mass is 10.1. The number of carbonyl (C=O) groups excluding carboxylic acids is 1. The average Bonchev–Trinajstić information content (AvgIpc) is 3.19. The molecule has 0 aliphatic heterocycles. The fraction of sp³-hybridized carbons (Fsp3) is 0.333. The summed E-state index contributed by atoms with van der Waals surface area (Å²) in [5, 5.41) is 3.52. The van der Waals surface area contributed by atoms with Crippen LogP contribution in [0.25, 0.3) is 16.7 Å². The van der Waals surface area contributed by atoms with Crippen molar-refractivity contribution < 1.29 is 4.79 Å². The van der Waals surface area contributed by atoms with Gasteiger partial charge in [0.1, 0.15) is 5.82 Å². The molecule has 1 amide bonds. The van der Waals surface area contributed by atoms with E-state index >= 15 is 0 Å². The molecule has 1 saturated carbocycles. The van der Waals surface area contributed by atoms with E-state index in [1.54, 1.807) is 29.8 Å². The van der Waals surface area contributed by atoms with Crippen molar-refractivity contribution in [3.8, 4) is 5.69 Å². The third-order valence-electron chi connectivity index (χ3n) is 5.26. The third kappa shape index (κ3) is 3.23. The molecule has 2 heterocycles. The van der Waals surface area contributed by atoms with Crippen LogP contribution in [0.15, 0.2) is 41.3 Å². The first-order chi connectivity index (χ1) is 13.0. The Bertz CT molecular complexity index is 1080. The van der Waals surface area contributed by atoms with E-state index in [2.05, 4.69) is 15.3 Å². The standard InChI is InChI=1S/C21H22N4O2/c1-13-12-16(9-10-18(13)24-20(26)15-6-3-4-7-15)25-14(2)23-19-17(21(25)27)8-5-11-22-19/h5,8-12,15H,3-4,6-7H2,1-2H3,(H,24,26). The summed E-state index contributed by atoms with van der Waals surface area (Å²) in [6.45, 7) is 3.73. The maximum Gasteiger partial charge on any atom is 0.267 e. The van der Waals surface area contributed by atoms with E-state index in [0.29, 0.717) is 16.9 Å². The number of nitrogens with one attached hydrogen (secondary N) is 1. The van der Waals surface area contributed by atoms with Crippen LogP contribution >= 0.6 is 0 Å². The molecule has 4 rings (SSSR count). The monoisotopic (exact) mass is 362 g/mol. The zero-order valence-electron chi connectivity index (χ0n) is 15.5. The fourth-order valence-electron chi connectivity index (χ4n) is 3.78. The molecule has 6 nitrogen and oxygen atoms in total. The average molecular weight is 362 g/mol. The summed E-state index contributed by atoms with van der Waals surface area (Å²) < 4.78 is 1.58. The van der Waals surface area contributed by atoms with Crippen LogP contribution in [0, 0.1) is 19.8 Å². The van der Waals surface area contributed by atoms with Crippen LogP contribution in [0.3, 0.4) is 0 Å². The molecule has 0 saturated heterocycles. The minimum atomic E-state index is -0.146. The van der Waals surface area contributed by atoms with Gasteiger partial charge in [0.05, 0.1) is 11.1 Å². The molecular weight excluding hydrogens is 340 g/mol. The maximum absolute atomic E-state index is 12.9. The Hall–Kier alpha value is -3.02. The van der Waals surface area contributed by atoms with Crippen molar-refractivity contribution in [2.24, 2.45) is 5.92 Å². The van der Waals surface area contributed by atoms with Gasteiger partial charge in [-0.25, -0.2) is 9.97 Å². The third-order valence-corrected chi connectivity index (χ3v) is 5.26. The van der Waals surface area contributed by atoms with Gasteiger partial charge in [-0.3, -0.25) is 14.2 Å². The van der Waals surface area contributed by atoms with Crippen molar-refractivity contribution in [3.05, 3.63) is 58.3 Å². The molecule has 1 aromatic carbocycles. The van der Waals surface area contributed by atoms with Gasteiger partial charge < -0.3 is 5.32 Å². The summed E-state index contributed by atoms with van der Waals surface area (Å²) in [7, 11) is 0. The molecule has 0 bridgehead atoms. The molecule has 0 spiro atoms. The molecule has 2 aromatic heterocycles. The zero-order valence-corrected chi connectivity index (χ0v) is 15.5. The smallest absolute Gasteiger partial charge is 0.267 e. The normalized spacial score (nSPS) is 14.6. The number of aryl methyl sites for hydroxylation is 2. The van der Waals surface area contributed by atoms with Crippen LogP contribution < -0.4 is 10.9 Å². The SMILES string of the molecule is Cc1cc(-n2c(C)nc3ncccc3c2=O)ccc1NC(=O)C1CCCC1. The molecule has 0 atom stereocenters. The quantitative estimate of drug-likeness (QED) is 0.773. The van der Waals surface area contributed by atoms with E-state index in [4.69, 9.17) is 0 Å². The van der Waals surface area contributed by atoms with Crippen LogP contribution in [0.1, 0.15) is 37.1 Å². The number of benzene rings is 1. The predicted octanol–water partition coefficient (Wildman–Crippen LogP) is 3.53. The number of aromatic nitrogens is 3. The second-order valence-corrected chi connectivity index (χ2v) is 7.14. The van der Waals surface area contributed by atoms with Crippen molar-refractivity contribution in [1.82, 2.24) is 14.5 Å². The Morgan fingerprint density at radius 3 is 2.70 bits per heavy atom. The summed E-state index contributed by atoms with van der Waals surface area (Å²) in [5.74, 6) is 0.787. The van der Waals surface area contributed by atoms with Crippen LogP contribution in [-0.2, 0) is 4.79 Å². The summed E-state index contributed by atoms with van der Waals surface area (Å²) in [6.07, 6.45) is 5.82. The van der Waals surface area contributed by atoms with Crippen LogP contribution in [0.4, 0.5) is 5.69 Å². The van der Waals surface area contributed by atoms with Gasteiger partial charge in [0.2, 0.25) is 5.91 Å². The van der Waals surface area contributed by atoms with Crippen molar-refractivity contribution in [2.75, 3.05) is 5.32 Å². The molecule has 6 heteroatoms. The maximum atomic E-state index is 12.9. The minimum Gasteiger partial charge on any atom is -0.326 e.